The van der Waals surface area contributed by atoms with Crippen molar-refractivity contribution < 1.29 is 4.79 Å². The second-order valence-electron chi connectivity index (χ2n) is 4.26. The van der Waals surface area contributed by atoms with E-state index in [1.165, 1.54) is 25.9 Å². The van der Waals surface area contributed by atoms with Crippen LogP contribution in [0.3, 0.4) is 0 Å². The SMILES string of the molecule is O=CN1CCN[C@@H](CN2CCCC2)C1. The standard InChI is InChI=1S/C10H19N3O/c14-9-13-6-3-11-10(8-13)7-12-4-1-2-5-12/h9-11H,1-8H2/t10-/m0/s1. The minimum absolute atomic E-state index is 0.479. The van der Waals surface area contributed by atoms with E-state index in [4.69, 9.17) is 0 Å². The zero-order valence-electron chi connectivity index (χ0n) is 8.61. The first-order valence-corrected chi connectivity index (χ1v) is 5.53. The molecule has 0 aliphatic carbocycles. The van der Waals surface area contributed by atoms with E-state index in [-0.39, 0.29) is 0 Å². The average molecular weight is 197 g/mol. The Kier molecular flexibility index (Phi) is 3.37. The van der Waals surface area contributed by atoms with Gasteiger partial charge >= 0.3 is 0 Å². The Morgan fingerprint density at radius 1 is 1.29 bits per heavy atom. The molecule has 0 bridgehead atoms. The molecule has 0 saturated carbocycles. The van der Waals surface area contributed by atoms with Crippen LogP contribution in [0.1, 0.15) is 12.8 Å². The lowest BCUT2D eigenvalue weighted by Crippen LogP contribution is -2.54. The molecule has 0 aromatic heterocycles. The predicted molar refractivity (Wildman–Crippen MR) is 55.1 cm³/mol. The van der Waals surface area contributed by atoms with Gasteiger partial charge < -0.3 is 15.1 Å². The molecule has 1 atom stereocenters. The van der Waals surface area contributed by atoms with Crippen molar-refractivity contribution in [2.24, 2.45) is 0 Å². The van der Waals surface area contributed by atoms with Gasteiger partial charge in [0.05, 0.1) is 0 Å². The summed E-state index contributed by atoms with van der Waals surface area (Å²) in [4.78, 5) is 15.0. The quantitative estimate of drug-likeness (QED) is 0.620. The van der Waals surface area contributed by atoms with Crippen LogP contribution in [0.25, 0.3) is 0 Å². The van der Waals surface area contributed by atoms with Gasteiger partial charge in [0.1, 0.15) is 0 Å². The molecular formula is C10H19N3O. The fourth-order valence-corrected chi connectivity index (χ4v) is 2.35. The first kappa shape index (κ1) is 9.93. The molecule has 2 saturated heterocycles. The van der Waals surface area contributed by atoms with Crippen molar-refractivity contribution in [3.05, 3.63) is 0 Å². The molecule has 14 heavy (non-hydrogen) atoms. The van der Waals surface area contributed by atoms with Crippen LogP contribution >= 0.6 is 0 Å². The van der Waals surface area contributed by atoms with E-state index in [1.54, 1.807) is 0 Å². The van der Waals surface area contributed by atoms with Crippen LogP contribution in [0.5, 0.6) is 0 Å². The highest BCUT2D eigenvalue weighted by molar-refractivity contribution is 5.47. The highest BCUT2D eigenvalue weighted by Gasteiger charge is 2.21. The van der Waals surface area contributed by atoms with E-state index >= 15 is 0 Å². The molecule has 2 fully saturated rings. The van der Waals surface area contributed by atoms with Crippen molar-refractivity contribution in [1.29, 1.82) is 0 Å². The number of rotatable bonds is 3. The maximum atomic E-state index is 10.6. The van der Waals surface area contributed by atoms with Gasteiger partial charge in [-0.1, -0.05) is 0 Å². The lowest BCUT2D eigenvalue weighted by atomic mass is 10.2. The third-order valence-corrected chi connectivity index (χ3v) is 3.11. The highest BCUT2D eigenvalue weighted by atomic mass is 16.1. The molecular weight excluding hydrogens is 178 g/mol. The van der Waals surface area contributed by atoms with E-state index in [2.05, 4.69) is 10.2 Å². The third kappa shape index (κ3) is 2.45. The Bertz CT molecular complexity index is 192. The van der Waals surface area contributed by atoms with Crippen LogP contribution in [0, 0.1) is 0 Å². The van der Waals surface area contributed by atoms with E-state index < -0.39 is 0 Å². The van der Waals surface area contributed by atoms with Crippen LogP contribution in [0.4, 0.5) is 0 Å². The minimum atomic E-state index is 0.479. The summed E-state index contributed by atoms with van der Waals surface area (Å²) in [6.07, 6.45) is 3.64. The van der Waals surface area contributed by atoms with Crippen LogP contribution in [-0.4, -0.2) is 61.5 Å². The van der Waals surface area contributed by atoms with Gasteiger partial charge in [-0.05, 0) is 25.9 Å². The van der Waals surface area contributed by atoms with Crippen LogP contribution in [0.2, 0.25) is 0 Å². The van der Waals surface area contributed by atoms with Crippen LogP contribution in [-0.2, 0) is 4.79 Å². The lowest BCUT2D eigenvalue weighted by Gasteiger charge is -2.33. The number of amides is 1. The van der Waals surface area contributed by atoms with Crippen molar-refractivity contribution in [3.63, 3.8) is 0 Å². The first-order valence-electron chi connectivity index (χ1n) is 5.53. The summed E-state index contributed by atoms with van der Waals surface area (Å²) in [7, 11) is 0. The molecule has 2 aliphatic rings. The normalized spacial score (nSPS) is 29.4. The van der Waals surface area contributed by atoms with Gasteiger partial charge in [-0.25, -0.2) is 0 Å². The molecule has 2 aliphatic heterocycles. The Hall–Kier alpha value is -0.610. The maximum Gasteiger partial charge on any atom is 0.209 e. The molecule has 4 nitrogen and oxygen atoms in total. The summed E-state index contributed by atoms with van der Waals surface area (Å²) in [5.41, 5.74) is 0. The molecule has 0 radical (unpaired) electrons. The Labute approximate surface area is 85.2 Å². The monoisotopic (exact) mass is 197 g/mol. The predicted octanol–water partition coefficient (Wildman–Crippen LogP) is -0.488. The summed E-state index contributed by atoms with van der Waals surface area (Å²) in [5.74, 6) is 0. The number of nitrogens with zero attached hydrogens (tertiary/aromatic N) is 2. The molecule has 1 amide bonds. The zero-order valence-corrected chi connectivity index (χ0v) is 8.61. The summed E-state index contributed by atoms with van der Waals surface area (Å²) in [6, 6.07) is 0.479. The molecule has 80 valence electrons. The van der Waals surface area contributed by atoms with Crippen LogP contribution < -0.4 is 5.32 Å². The van der Waals surface area contributed by atoms with E-state index in [1.807, 2.05) is 4.90 Å². The molecule has 2 rings (SSSR count). The van der Waals surface area contributed by atoms with Crippen molar-refractivity contribution in [2.45, 2.75) is 18.9 Å². The molecule has 0 aromatic carbocycles. The second kappa shape index (κ2) is 4.75. The van der Waals surface area contributed by atoms with E-state index in [0.717, 1.165) is 32.6 Å². The number of likely N-dealkylation sites (tertiary alicyclic amines) is 1. The maximum absolute atomic E-state index is 10.6. The van der Waals surface area contributed by atoms with Crippen molar-refractivity contribution in [1.82, 2.24) is 15.1 Å². The molecule has 0 aromatic rings. The summed E-state index contributed by atoms with van der Waals surface area (Å²) >= 11 is 0. The van der Waals surface area contributed by atoms with Crippen molar-refractivity contribution in [3.8, 4) is 0 Å². The molecule has 0 unspecified atom stereocenters. The topological polar surface area (TPSA) is 35.6 Å². The molecule has 1 N–H and O–H groups in total. The number of nitrogens with one attached hydrogen (secondary N) is 1. The molecule has 0 spiro atoms. The zero-order chi connectivity index (χ0) is 9.80. The Morgan fingerprint density at radius 3 is 2.79 bits per heavy atom. The van der Waals surface area contributed by atoms with Gasteiger partial charge in [-0.3, -0.25) is 4.79 Å². The fourth-order valence-electron chi connectivity index (χ4n) is 2.35. The highest BCUT2D eigenvalue weighted by Crippen LogP contribution is 2.08. The summed E-state index contributed by atoms with van der Waals surface area (Å²) in [6.45, 7) is 6.25. The van der Waals surface area contributed by atoms with E-state index in [0.29, 0.717) is 6.04 Å². The third-order valence-electron chi connectivity index (χ3n) is 3.11. The number of hydrogen-bond donors (Lipinski definition) is 1. The van der Waals surface area contributed by atoms with Gasteiger partial charge in [0.15, 0.2) is 0 Å². The smallest absolute Gasteiger partial charge is 0.209 e. The number of hydrogen-bond acceptors (Lipinski definition) is 3. The van der Waals surface area contributed by atoms with Gasteiger partial charge in [0.2, 0.25) is 6.41 Å². The Morgan fingerprint density at radius 2 is 2.07 bits per heavy atom. The van der Waals surface area contributed by atoms with Gasteiger partial charge in [-0.2, -0.15) is 0 Å². The minimum Gasteiger partial charge on any atom is -0.342 e. The number of carbonyl (C=O) groups excluding carboxylic acids is 1. The molecule has 2 heterocycles. The van der Waals surface area contributed by atoms with Gasteiger partial charge in [0, 0.05) is 32.2 Å². The van der Waals surface area contributed by atoms with Gasteiger partial charge in [0.25, 0.3) is 0 Å². The number of piperazine rings is 1. The summed E-state index contributed by atoms with van der Waals surface area (Å²) < 4.78 is 0. The van der Waals surface area contributed by atoms with Gasteiger partial charge in [-0.15, -0.1) is 0 Å². The fraction of sp³-hybridized carbons (Fsp3) is 0.900. The Balaban J connectivity index is 1.76. The van der Waals surface area contributed by atoms with Crippen molar-refractivity contribution >= 4 is 6.41 Å². The number of carbonyl (C=O) groups is 1. The lowest BCUT2D eigenvalue weighted by molar-refractivity contribution is -0.119. The average Bonchev–Trinajstić information content (AvgIpc) is 2.71. The second-order valence-corrected chi connectivity index (χ2v) is 4.26. The van der Waals surface area contributed by atoms with Crippen molar-refractivity contribution in [2.75, 3.05) is 39.3 Å². The van der Waals surface area contributed by atoms with Crippen LogP contribution in [0.15, 0.2) is 0 Å². The first-order chi connectivity index (χ1) is 6.88. The largest absolute Gasteiger partial charge is 0.342 e. The molecule has 4 heteroatoms. The van der Waals surface area contributed by atoms with E-state index in [9.17, 15) is 4.79 Å². The summed E-state index contributed by atoms with van der Waals surface area (Å²) in [5, 5.41) is 3.47.